The van der Waals surface area contributed by atoms with Gasteiger partial charge in [-0.05, 0) is 19.1 Å². The monoisotopic (exact) mass is 273 g/mol. The van der Waals surface area contributed by atoms with E-state index in [0.717, 1.165) is 0 Å². The molecule has 0 spiro atoms. The molecule has 0 heterocycles. The largest absolute Gasteiger partial charge is 0.338 e. The first-order valence-corrected chi connectivity index (χ1v) is 5.77. The first-order chi connectivity index (χ1) is 7.07. The second-order valence-corrected chi connectivity index (χ2v) is 4.05. The average Bonchev–Trinajstić information content (AvgIpc) is 2.26. The van der Waals surface area contributed by atoms with E-state index in [-0.39, 0.29) is 17.5 Å². The predicted octanol–water partition coefficient (Wildman–Crippen LogP) is 2.68. The van der Waals surface area contributed by atoms with Crippen LogP contribution < -0.4 is 0 Å². The molecule has 0 saturated heterocycles. The Kier molecular flexibility index (Phi) is 4.27. The highest BCUT2D eigenvalue weighted by atomic mass is 79.9. The highest BCUT2D eigenvalue weighted by Crippen LogP contribution is 2.11. The predicted molar refractivity (Wildman–Crippen MR) is 61.7 cm³/mol. The van der Waals surface area contributed by atoms with Crippen molar-refractivity contribution in [3.05, 3.63) is 35.6 Å². The Morgan fingerprint density at radius 3 is 2.67 bits per heavy atom. The summed E-state index contributed by atoms with van der Waals surface area (Å²) >= 11 is 3.29. The van der Waals surface area contributed by atoms with Crippen LogP contribution in [0.3, 0.4) is 0 Å². The van der Waals surface area contributed by atoms with Crippen molar-refractivity contribution in [2.24, 2.45) is 0 Å². The van der Waals surface area contributed by atoms with Crippen molar-refractivity contribution in [3.63, 3.8) is 0 Å². The van der Waals surface area contributed by atoms with Gasteiger partial charge in [0.1, 0.15) is 5.82 Å². The van der Waals surface area contributed by atoms with E-state index < -0.39 is 5.82 Å². The van der Waals surface area contributed by atoms with Crippen molar-refractivity contribution in [2.45, 2.75) is 13.0 Å². The zero-order chi connectivity index (χ0) is 11.4. The van der Waals surface area contributed by atoms with Crippen LogP contribution in [0.25, 0.3) is 0 Å². The van der Waals surface area contributed by atoms with E-state index in [4.69, 9.17) is 0 Å². The first-order valence-electron chi connectivity index (χ1n) is 4.65. The molecule has 1 amide bonds. The molecule has 1 aromatic carbocycles. The van der Waals surface area contributed by atoms with Crippen LogP contribution in [0.5, 0.6) is 0 Å². The van der Waals surface area contributed by atoms with Gasteiger partial charge >= 0.3 is 0 Å². The Morgan fingerprint density at radius 1 is 1.53 bits per heavy atom. The van der Waals surface area contributed by atoms with Gasteiger partial charge in [0, 0.05) is 18.4 Å². The molecule has 0 saturated carbocycles. The number of nitrogens with zero attached hydrogens (tertiary/aromatic N) is 1. The summed E-state index contributed by atoms with van der Waals surface area (Å²) in [5, 5.41) is 0.670. The lowest BCUT2D eigenvalue weighted by atomic mass is 10.1. The molecule has 1 atom stereocenters. The summed E-state index contributed by atoms with van der Waals surface area (Å²) in [6.07, 6.45) is 0. The molecule has 0 bridgehead atoms. The SMILES string of the molecule is CC(CBr)N(C)C(=O)c1ccccc1F. The molecule has 2 nitrogen and oxygen atoms in total. The van der Waals surface area contributed by atoms with Crippen LogP contribution in [-0.2, 0) is 0 Å². The Morgan fingerprint density at radius 2 is 2.13 bits per heavy atom. The zero-order valence-electron chi connectivity index (χ0n) is 8.71. The summed E-state index contributed by atoms with van der Waals surface area (Å²) in [5.74, 6) is -0.767. The number of hydrogen-bond acceptors (Lipinski definition) is 1. The molecule has 4 heteroatoms. The molecular weight excluding hydrogens is 261 g/mol. The molecule has 15 heavy (non-hydrogen) atoms. The third-order valence-corrected chi connectivity index (χ3v) is 3.25. The van der Waals surface area contributed by atoms with Crippen molar-refractivity contribution in [1.82, 2.24) is 4.90 Å². The summed E-state index contributed by atoms with van der Waals surface area (Å²) < 4.78 is 13.3. The Balaban J connectivity index is 2.90. The summed E-state index contributed by atoms with van der Waals surface area (Å²) in [4.78, 5) is 13.4. The van der Waals surface area contributed by atoms with Crippen LogP contribution in [0, 0.1) is 5.82 Å². The molecule has 0 fully saturated rings. The number of benzene rings is 1. The maximum absolute atomic E-state index is 13.3. The van der Waals surface area contributed by atoms with E-state index in [1.54, 1.807) is 19.2 Å². The maximum atomic E-state index is 13.3. The van der Waals surface area contributed by atoms with Crippen LogP contribution in [0.4, 0.5) is 4.39 Å². The standard InChI is InChI=1S/C11H13BrFNO/c1-8(7-12)14(2)11(15)9-5-3-4-6-10(9)13/h3-6,8H,7H2,1-2H3. The van der Waals surface area contributed by atoms with Crippen molar-refractivity contribution in [3.8, 4) is 0 Å². The molecule has 82 valence electrons. The summed E-state index contributed by atoms with van der Waals surface area (Å²) in [7, 11) is 1.67. The fraction of sp³-hybridized carbons (Fsp3) is 0.364. The first kappa shape index (κ1) is 12.2. The van der Waals surface area contributed by atoms with Crippen molar-refractivity contribution in [1.29, 1.82) is 0 Å². The third kappa shape index (κ3) is 2.78. The fourth-order valence-electron chi connectivity index (χ4n) is 1.13. The molecule has 0 aliphatic carbocycles. The van der Waals surface area contributed by atoms with E-state index in [0.29, 0.717) is 5.33 Å². The average molecular weight is 274 g/mol. The van der Waals surface area contributed by atoms with Gasteiger partial charge in [-0.1, -0.05) is 28.1 Å². The summed E-state index contributed by atoms with van der Waals surface area (Å²) in [6, 6.07) is 6.05. The number of hydrogen-bond donors (Lipinski definition) is 0. The normalized spacial score (nSPS) is 12.3. The second-order valence-electron chi connectivity index (χ2n) is 3.40. The summed E-state index contributed by atoms with van der Waals surface area (Å²) in [6.45, 7) is 1.90. The van der Waals surface area contributed by atoms with E-state index in [9.17, 15) is 9.18 Å². The molecule has 0 N–H and O–H groups in total. The van der Waals surface area contributed by atoms with Gasteiger partial charge in [0.25, 0.3) is 5.91 Å². The smallest absolute Gasteiger partial charge is 0.256 e. The van der Waals surface area contributed by atoms with Gasteiger partial charge in [0.05, 0.1) is 5.56 Å². The molecule has 0 radical (unpaired) electrons. The van der Waals surface area contributed by atoms with E-state index in [2.05, 4.69) is 15.9 Å². The second kappa shape index (κ2) is 5.26. The molecule has 0 aromatic heterocycles. The lowest BCUT2D eigenvalue weighted by molar-refractivity contribution is 0.0753. The molecule has 1 unspecified atom stereocenters. The van der Waals surface area contributed by atoms with Crippen molar-refractivity contribution in [2.75, 3.05) is 12.4 Å². The van der Waals surface area contributed by atoms with Gasteiger partial charge in [-0.3, -0.25) is 4.79 Å². The Bertz CT molecular complexity index is 356. The van der Waals surface area contributed by atoms with Crippen molar-refractivity contribution >= 4 is 21.8 Å². The minimum absolute atomic E-state index is 0.0390. The Labute approximate surface area is 97.2 Å². The highest BCUT2D eigenvalue weighted by Gasteiger charge is 2.18. The van der Waals surface area contributed by atoms with E-state index >= 15 is 0 Å². The third-order valence-electron chi connectivity index (χ3n) is 2.31. The molecule has 0 aliphatic heterocycles. The minimum atomic E-state index is -0.476. The molecule has 0 aliphatic rings. The van der Waals surface area contributed by atoms with Gasteiger partial charge in [-0.25, -0.2) is 4.39 Å². The fourth-order valence-corrected chi connectivity index (χ4v) is 1.56. The maximum Gasteiger partial charge on any atom is 0.256 e. The number of amides is 1. The van der Waals surface area contributed by atoms with Gasteiger partial charge < -0.3 is 4.90 Å². The van der Waals surface area contributed by atoms with E-state index in [1.807, 2.05) is 6.92 Å². The number of alkyl halides is 1. The number of carbonyl (C=O) groups excluding carboxylic acids is 1. The number of carbonyl (C=O) groups is 1. The van der Waals surface area contributed by atoms with Crippen LogP contribution in [0.2, 0.25) is 0 Å². The highest BCUT2D eigenvalue weighted by molar-refractivity contribution is 9.09. The zero-order valence-corrected chi connectivity index (χ0v) is 10.3. The molecular formula is C11H13BrFNO. The summed E-state index contributed by atoms with van der Waals surface area (Å²) in [5.41, 5.74) is 0.118. The van der Waals surface area contributed by atoms with E-state index in [1.165, 1.54) is 17.0 Å². The van der Waals surface area contributed by atoms with Crippen LogP contribution in [0.15, 0.2) is 24.3 Å². The molecule has 1 rings (SSSR count). The topological polar surface area (TPSA) is 20.3 Å². The van der Waals surface area contributed by atoms with Crippen LogP contribution >= 0.6 is 15.9 Å². The van der Waals surface area contributed by atoms with Crippen LogP contribution in [-0.4, -0.2) is 29.2 Å². The van der Waals surface area contributed by atoms with Gasteiger partial charge in [-0.15, -0.1) is 0 Å². The lowest BCUT2D eigenvalue weighted by Gasteiger charge is -2.23. The number of halogens is 2. The van der Waals surface area contributed by atoms with Gasteiger partial charge in [-0.2, -0.15) is 0 Å². The lowest BCUT2D eigenvalue weighted by Crippen LogP contribution is -2.36. The minimum Gasteiger partial charge on any atom is -0.338 e. The Hall–Kier alpha value is -0.900. The van der Waals surface area contributed by atoms with Crippen LogP contribution in [0.1, 0.15) is 17.3 Å². The van der Waals surface area contributed by atoms with Gasteiger partial charge in [0.2, 0.25) is 0 Å². The van der Waals surface area contributed by atoms with Gasteiger partial charge in [0.15, 0.2) is 0 Å². The quantitative estimate of drug-likeness (QED) is 0.776. The number of rotatable bonds is 3. The van der Waals surface area contributed by atoms with Crippen molar-refractivity contribution < 1.29 is 9.18 Å². The molecule has 1 aromatic rings.